The van der Waals surface area contributed by atoms with E-state index in [9.17, 15) is 29.6 Å². The molecule has 0 aromatic heterocycles. The van der Waals surface area contributed by atoms with Crippen molar-refractivity contribution >= 4 is 57.9 Å². The van der Waals surface area contributed by atoms with Crippen molar-refractivity contribution in [1.82, 2.24) is 5.32 Å². The number of methoxy groups -OCH3 is 1. The maximum Gasteiger partial charge on any atom is 0.335 e. The summed E-state index contributed by atoms with van der Waals surface area (Å²) in [6.45, 7) is 0. The lowest BCUT2D eigenvalue weighted by molar-refractivity contribution is -0.384. The largest absolute Gasteiger partial charge is 0.504 e. The Morgan fingerprint density at radius 2 is 1.86 bits per heavy atom. The monoisotopic (exact) mass is 509 g/mol. The number of halogens is 1. The number of imide groups is 2. The van der Waals surface area contributed by atoms with Gasteiger partial charge in [-0.3, -0.25) is 25.0 Å². The molecular formula is C18H12IN3O7. The average Bonchev–Trinajstić information content (AvgIpc) is 2.68. The zero-order chi connectivity index (χ0) is 21.3. The molecule has 3 rings (SSSR count). The predicted octanol–water partition coefficient (Wildman–Crippen LogP) is 2.58. The third kappa shape index (κ3) is 3.89. The van der Waals surface area contributed by atoms with E-state index in [1.165, 1.54) is 37.5 Å². The fourth-order valence-corrected chi connectivity index (χ4v) is 3.24. The standard InChI is InChI=1S/C18H12IN3O7/c1-29-14-8-9(7-13(19)15(14)23)6-12-16(24)20-18(26)21(17(12)25)10-2-4-11(5-3-10)22(27)28/h2-8,23H,1H3,(H,20,24,26)/b12-6+. The SMILES string of the molecule is COc1cc(/C=C2\C(=O)NC(=O)N(c3ccc([N+](=O)[O-])cc3)C2=O)cc(I)c1O. The first-order valence-electron chi connectivity index (χ1n) is 7.95. The van der Waals surface area contributed by atoms with Gasteiger partial charge in [0.25, 0.3) is 17.5 Å². The van der Waals surface area contributed by atoms with E-state index in [2.05, 4.69) is 5.32 Å². The van der Waals surface area contributed by atoms with Crippen molar-refractivity contribution < 1.29 is 29.2 Å². The van der Waals surface area contributed by atoms with Gasteiger partial charge in [-0.15, -0.1) is 0 Å². The second-order valence-corrected chi connectivity index (χ2v) is 6.95. The van der Waals surface area contributed by atoms with E-state index in [0.29, 0.717) is 14.0 Å². The molecule has 148 valence electrons. The zero-order valence-electron chi connectivity index (χ0n) is 14.7. The molecule has 0 unspecified atom stereocenters. The van der Waals surface area contributed by atoms with E-state index in [4.69, 9.17) is 4.74 Å². The lowest BCUT2D eigenvalue weighted by atomic mass is 10.1. The van der Waals surface area contributed by atoms with Crippen LogP contribution in [-0.2, 0) is 9.59 Å². The highest BCUT2D eigenvalue weighted by Gasteiger charge is 2.37. The van der Waals surface area contributed by atoms with Gasteiger partial charge in [-0.2, -0.15) is 0 Å². The van der Waals surface area contributed by atoms with E-state index in [0.717, 1.165) is 12.1 Å². The number of hydrogen-bond acceptors (Lipinski definition) is 7. The normalized spacial score (nSPS) is 15.4. The molecule has 0 spiro atoms. The van der Waals surface area contributed by atoms with Crippen LogP contribution in [0.4, 0.5) is 16.2 Å². The summed E-state index contributed by atoms with van der Waals surface area (Å²) < 4.78 is 5.49. The second-order valence-electron chi connectivity index (χ2n) is 5.78. The van der Waals surface area contributed by atoms with Crippen LogP contribution in [-0.4, -0.2) is 35.0 Å². The zero-order valence-corrected chi connectivity index (χ0v) is 16.9. The lowest BCUT2D eigenvalue weighted by Crippen LogP contribution is -2.54. The highest BCUT2D eigenvalue weighted by atomic mass is 127. The molecule has 29 heavy (non-hydrogen) atoms. The number of barbiturate groups is 1. The maximum absolute atomic E-state index is 12.8. The number of carbonyl (C=O) groups is 3. The molecule has 10 nitrogen and oxygen atoms in total. The van der Waals surface area contributed by atoms with Gasteiger partial charge in [-0.1, -0.05) is 0 Å². The third-order valence-corrected chi connectivity index (χ3v) is 4.82. The number of benzene rings is 2. The van der Waals surface area contributed by atoms with E-state index in [-0.39, 0.29) is 28.4 Å². The number of amides is 4. The fourth-order valence-electron chi connectivity index (χ4n) is 2.61. The van der Waals surface area contributed by atoms with Crippen LogP contribution in [0, 0.1) is 13.7 Å². The number of nitro groups is 1. The summed E-state index contributed by atoms with van der Waals surface area (Å²) in [6.07, 6.45) is 1.26. The Morgan fingerprint density at radius 1 is 1.21 bits per heavy atom. The van der Waals surface area contributed by atoms with Crippen LogP contribution in [0.3, 0.4) is 0 Å². The molecule has 11 heteroatoms. The van der Waals surface area contributed by atoms with Crippen LogP contribution < -0.4 is 15.0 Å². The number of hydrogen-bond donors (Lipinski definition) is 2. The number of nitrogens with one attached hydrogen (secondary N) is 1. The van der Waals surface area contributed by atoms with Gasteiger partial charge >= 0.3 is 6.03 Å². The van der Waals surface area contributed by atoms with Crippen molar-refractivity contribution in [3.63, 3.8) is 0 Å². The molecule has 0 aliphatic carbocycles. The Labute approximate surface area is 177 Å². The Bertz CT molecular complexity index is 1080. The van der Waals surface area contributed by atoms with Gasteiger partial charge in [0.2, 0.25) is 0 Å². The van der Waals surface area contributed by atoms with Crippen LogP contribution >= 0.6 is 22.6 Å². The lowest BCUT2D eigenvalue weighted by Gasteiger charge is -2.26. The molecule has 4 amide bonds. The fraction of sp³-hybridized carbons (Fsp3) is 0.0556. The van der Waals surface area contributed by atoms with Crippen LogP contribution in [0.5, 0.6) is 11.5 Å². The minimum absolute atomic E-state index is 0.0642. The van der Waals surface area contributed by atoms with E-state index in [1.807, 2.05) is 22.6 Å². The molecule has 1 aliphatic heterocycles. The number of phenolic OH excluding ortho intramolecular Hbond substituents is 1. The van der Waals surface area contributed by atoms with E-state index in [1.54, 1.807) is 0 Å². The minimum Gasteiger partial charge on any atom is -0.504 e. The molecule has 2 N–H and O–H groups in total. The molecule has 1 aliphatic rings. The predicted molar refractivity (Wildman–Crippen MR) is 109 cm³/mol. The summed E-state index contributed by atoms with van der Waals surface area (Å²) >= 11 is 1.86. The van der Waals surface area contributed by atoms with Gasteiger partial charge in [0.05, 0.1) is 21.3 Å². The van der Waals surface area contributed by atoms with Gasteiger partial charge in [0.15, 0.2) is 11.5 Å². The van der Waals surface area contributed by atoms with Gasteiger partial charge in [-0.25, -0.2) is 9.69 Å². The summed E-state index contributed by atoms with van der Waals surface area (Å²) in [5.74, 6) is -1.72. The molecule has 1 heterocycles. The van der Waals surface area contributed by atoms with Crippen LogP contribution in [0.2, 0.25) is 0 Å². The van der Waals surface area contributed by atoms with Crippen molar-refractivity contribution in [2.24, 2.45) is 0 Å². The molecular weight excluding hydrogens is 497 g/mol. The topological polar surface area (TPSA) is 139 Å². The van der Waals surface area contributed by atoms with Gasteiger partial charge in [0.1, 0.15) is 5.57 Å². The van der Waals surface area contributed by atoms with Crippen molar-refractivity contribution in [1.29, 1.82) is 0 Å². The number of nitrogens with zero attached hydrogens (tertiary/aromatic N) is 2. The molecule has 1 saturated heterocycles. The first kappa shape index (κ1) is 20.3. The third-order valence-electron chi connectivity index (χ3n) is 4.00. The number of urea groups is 1. The van der Waals surface area contributed by atoms with Crippen LogP contribution in [0.25, 0.3) is 6.08 Å². The summed E-state index contributed by atoms with van der Waals surface area (Å²) in [5.41, 5.74) is -0.0855. The van der Waals surface area contributed by atoms with Gasteiger partial charge in [-0.05, 0) is 58.5 Å². The Balaban J connectivity index is 2.02. The van der Waals surface area contributed by atoms with E-state index < -0.39 is 22.8 Å². The number of aromatic hydroxyl groups is 1. The smallest absolute Gasteiger partial charge is 0.335 e. The number of rotatable bonds is 4. The number of carbonyl (C=O) groups excluding carboxylic acids is 3. The Morgan fingerprint density at radius 3 is 2.45 bits per heavy atom. The van der Waals surface area contributed by atoms with Crippen molar-refractivity contribution in [2.75, 3.05) is 12.0 Å². The highest BCUT2D eigenvalue weighted by Crippen LogP contribution is 2.33. The molecule has 0 atom stereocenters. The minimum atomic E-state index is -0.969. The quantitative estimate of drug-likeness (QED) is 0.212. The first-order valence-corrected chi connectivity index (χ1v) is 9.03. The summed E-state index contributed by atoms with van der Waals surface area (Å²) in [6, 6.07) is 6.73. The van der Waals surface area contributed by atoms with E-state index >= 15 is 0 Å². The Kier molecular flexibility index (Phi) is 5.50. The number of nitro benzene ring substituents is 1. The molecule has 0 saturated carbocycles. The molecule has 0 radical (unpaired) electrons. The van der Waals surface area contributed by atoms with Gasteiger partial charge < -0.3 is 9.84 Å². The number of anilines is 1. The molecule has 2 aromatic rings. The molecule has 0 bridgehead atoms. The summed E-state index contributed by atoms with van der Waals surface area (Å²) in [5, 5.41) is 22.8. The maximum atomic E-state index is 12.8. The number of non-ortho nitro benzene ring substituents is 1. The van der Waals surface area contributed by atoms with Crippen LogP contribution in [0.1, 0.15) is 5.56 Å². The summed E-state index contributed by atoms with van der Waals surface area (Å²) in [7, 11) is 1.36. The molecule has 1 fully saturated rings. The summed E-state index contributed by atoms with van der Waals surface area (Å²) in [4.78, 5) is 48.1. The van der Waals surface area contributed by atoms with Crippen molar-refractivity contribution in [3.8, 4) is 11.5 Å². The molecule has 2 aromatic carbocycles. The van der Waals surface area contributed by atoms with Crippen LogP contribution in [0.15, 0.2) is 42.0 Å². The number of phenols is 1. The first-order chi connectivity index (χ1) is 13.7. The second kappa shape index (κ2) is 7.87. The number of ether oxygens (including phenoxy) is 1. The highest BCUT2D eigenvalue weighted by molar-refractivity contribution is 14.1. The van der Waals surface area contributed by atoms with Crippen molar-refractivity contribution in [2.45, 2.75) is 0 Å². The average molecular weight is 509 g/mol. The van der Waals surface area contributed by atoms with Gasteiger partial charge in [0, 0.05) is 12.1 Å². The Hall–Kier alpha value is -3.48. The van der Waals surface area contributed by atoms with Crippen molar-refractivity contribution in [3.05, 3.63) is 61.2 Å².